The Morgan fingerprint density at radius 2 is 1.80 bits per heavy atom. The minimum atomic E-state index is -0.577. The largest absolute Gasteiger partial charge is 0.467 e. The van der Waals surface area contributed by atoms with Crippen LogP contribution < -0.4 is 0 Å². The molecule has 2 aliphatic heterocycles. The molecule has 0 aromatic heterocycles. The Balaban J connectivity index is 1.66. The molecular weight excluding hydrogens is 320 g/mol. The van der Waals surface area contributed by atoms with E-state index in [9.17, 15) is 9.59 Å². The van der Waals surface area contributed by atoms with Crippen molar-refractivity contribution in [3.63, 3.8) is 0 Å². The molecule has 25 heavy (non-hydrogen) atoms. The lowest BCUT2D eigenvalue weighted by atomic mass is 10.0. The number of rotatable bonds is 4. The smallest absolute Gasteiger partial charge is 0.410 e. The molecule has 2 fully saturated rings. The fraction of sp³-hybridized carbons (Fsp3) is 0.579. The summed E-state index contributed by atoms with van der Waals surface area (Å²) >= 11 is 0. The van der Waals surface area contributed by atoms with Crippen LogP contribution in [-0.4, -0.2) is 60.7 Å². The SMILES string of the molecule is COC(=O)C1[C@H](N2CCCCC2)CCN1C(=O)OCc1ccccc1. The van der Waals surface area contributed by atoms with E-state index in [4.69, 9.17) is 9.47 Å². The second-order valence-corrected chi connectivity index (χ2v) is 6.65. The van der Waals surface area contributed by atoms with Crippen LogP contribution in [0.25, 0.3) is 0 Å². The summed E-state index contributed by atoms with van der Waals surface area (Å²) in [5.41, 5.74) is 0.928. The molecule has 0 aliphatic carbocycles. The minimum Gasteiger partial charge on any atom is -0.467 e. The molecule has 1 aromatic carbocycles. The van der Waals surface area contributed by atoms with Gasteiger partial charge in [-0.2, -0.15) is 0 Å². The number of amides is 1. The standard InChI is InChI=1S/C19H26N2O4/c1-24-18(22)17-16(20-11-6-3-7-12-20)10-13-21(17)19(23)25-14-15-8-4-2-5-9-15/h2,4-5,8-9,16-17H,3,6-7,10-14H2,1H3/t16-,17?/m1/s1. The monoisotopic (exact) mass is 346 g/mol. The zero-order valence-electron chi connectivity index (χ0n) is 14.7. The van der Waals surface area contributed by atoms with E-state index in [0.29, 0.717) is 6.54 Å². The van der Waals surface area contributed by atoms with Gasteiger partial charge in [0.2, 0.25) is 0 Å². The van der Waals surface area contributed by atoms with Crippen LogP contribution in [0.5, 0.6) is 0 Å². The van der Waals surface area contributed by atoms with E-state index in [-0.39, 0.29) is 18.6 Å². The Morgan fingerprint density at radius 1 is 1.08 bits per heavy atom. The Morgan fingerprint density at radius 3 is 2.48 bits per heavy atom. The summed E-state index contributed by atoms with van der Waals surface area (Å²) in [7, 11) is 1.38. The Bertz CT molecular complexity index is 586. The number of ether oxygens (including phenoxy) is 2. The molecule has 1 aromatic rings. The first-order chi connectivity index (χ1) is 12.2. The normalized spacial score (nSPS) is 24.1. The van der Waals surface area contributed by atoms with Gasteiger partial charge in [-0.1, -0.05) is 36.8 Å². The molecule has 0 N–H and O–H groups in total. The molecule has 0 saturated carbocycles. The van der Waals surface area contributed by atoms with Crippen LogP contribution in [-0.2, 0) is 20.9 Å². The number of carbonyl (C=O) groups excluding carboxylic acids is 2. The van der Waals surface area contributed by atoms with Crippen molar-refractivity contribution in [2.45, 2.75) is 44.4 Å². The summed E-state index contributed by atoms with van der Waals surface area (Å²) in [6, 6.07) is 8.99. The zero-order valence-corrected chi connectivity index (χ0v) is 14.7. The number of hydrogen-bond acceptors (Lipinski definition) is 5. The molecule has 2 aliphatic rings. The molecule has 3 rings (SSSR count). The molecule has 6 heteroatoms. The molecule has 0 radical (unpaired) electrons. The van der Waals surface area contributed by atoms with Crippen molar-refractivity contribution in [2.75, 3.05) is 26.7 Å². The number of piperidine rings is 1. The van der Waals surface area contributed by atoms with Crippen molar-refractivity contribution in [3.05, 3.63) is 35.9 Å². The van der Waals surface area contributed by atoms with E-state index in [2.05, 4.69) is 4.90 Å². The highest BCUT2D eigenvalue weighted by molar-refractivity contribution is 5.83. The maximum atomic E-state index is 12.6. The summed E-state index contributed by atoms with van der Waals surface area (Å²) in [5, 5.41) is 0. The quantitative estimate of drug-likeness (QED) is 0.784. The summed E-state index contributed by atoms with van der Waals surface area (Å²) < 4.78 is 10.4. The summed E-state index contributed by atoms with van der Waals surface area (Å²) in [5.74, 6) is -0.357. The molecule has 6 nitrogen and oxygen atoms in total. The molecule has 1 unspecified atom stereocenters. The van der Waals surface area contributed by atoms with Crippen LogP contribution >= 0.6 is 0 Å². The highest BCUT2D eigenvalue weighted by atomic mass is 16.6. The van der Waals surface area contributed by atoms with Crippen LogP contribution in [0.4, 0.5) is 4.79 Å². The fourth-order valence-electron chi connectivity index (χ4n) is 3.82. The lowest BCUT2D eigenvalue weighted by Crippen LogP contribution is -2.52. The van der Waals surface area contributed by atoms with Gasteiger partial charge in [-0.3, -0.25) is 9.80 Å². The predicted molar refractivity (Wildman–Crippen MR) is 93.0 cm³/mol. The lowest BCUT2D eigenvalue weighted by molar-refractivity contribution is -0.147. The first-order valence-corrected chi connectivity index (χ1v) is 9.00. The third-order valence-corrected chi connectivity index (χ3v) is 5.11. The van der Waals surface area contributed by atoms with Gasteiger partial charge in [0.15, 0.2) is 0 Å². The molecule has 2 atom stereocenters. The number of hydrogen-bond donors (Lipinski definition) is 0. The fourth-order valence-corrected chi connectivity index (χ4v) is 3.82. The number of esters is 1. The van der Waals surface area contributed by atoms with Crippen LogP contribution in [0.15, 0.2) is 30.3 Å². The average molecular weight is 346 g/mol. The average Bonchev–Trinajstić information content (AvgIpc) is 3.12. The van der Waals surface area contributed by atoms with E-state index >= 15 is 0 Å². The van der Waals surface area contributed by atoms with E-state index < -0.39 is 12.1 Å². The van der Waals surface area contributed by atoms with Gasteiger partial charge in [0.25, 0.3) is 0 Å². The Kier molecular flexibility index (Phi) is 5.91. The predicted octanol–water partition coefficient (Wildman–Crippen LogP) is 2.42. The van der Waals surface area contributed by atoms with Gasteiger partial charge in [0.05, 0.1) is 7.11 Å². The topological polar surface area (TPSA) is 59.1 Å². The van der Waals surface area contributed by atoms with E-state index in [1.165, 1.54) is 18.4 Å². The molecular formula is C19H26N2O4. The van der Waals surface area contributed by atoms with Crippen molar-refractivity contribution in [1.29, 1.82) is 0 Å². The van der Waals surface area contributed by atoms with Crippen molar-refractivity contribution in [2.24, 2.45) is 0 Å². The molecule has 2 saturated heterocycles. The third kappa shape index (κ3) is 4.12. The summed E-state index contributed by atoms with van der Waals surface area (Å²) in [6.07, 6.45) is 3.85. The van der Waals surface area contributed by atoms with Crippen LogP contribution in [0.1, 0.15) is 31.2 Å². The lowest BCUT2D eigenvalue weighted by Gasteiger charge is -2.35. The van der Waals surface area contributed by atoms with Gasteiger partial charge < -0.3 is 9.47 Å². The number of benzene rings is 1. The van der Waals surface area contributed by atoms with Crippen molar-refractivity contribution < 1.29 is 19.1 Å². The van der Waals surface area contributed by atoms with Gasteiger partial charge in [-0.05, 0) is 37.9 Å². The first kappa shape index (κ1) is 17.7. The highest BCUT2D eigenvalue weighted by Gasteiger charge is 2.46. The molecule has 2 heterocycles. The number of carbonyl (C=O) groups is 2. The van der Waals surface area contributed by atoms with Gasteiger partial charge in [0, 0.05) is 12.6 Å². The van der Waals surface area contributed by atoms with E-state index in [1.807, 2.05) is 30.3 Å². The number of likely N-dealkylation sites (tertiary alicyclic amines) is 2. The van der Waals surface area contributed by atoms with Gasteiger partial charge in [-0.25, -0.2) is 9.59 Å². The van der Waals surface area contributed by atoms with Crippen LogP contribution in [0.2, 0.25) is 0 Å². The van der Waals surface area contributed by atoms with Crippen molar-refractivity contribution in [3.8, 4) is 0 Å². The Labute approximate surface area is 148 Å². The van der Waals surface area contributed by atoms with Crippen LogP contribution in [0.3, 0.4) is 0 Å². The molecule has 0 bridgehead atoms. The number of nitrogens with zero attached hydrogens (tertiary/aromatic N) is 2. The van der Waals surface area contributed by atoms with Crippen LogP contribution in [0, 0.1) is 0 Å². The van der Waals surface area contributed by atoms with Gasteiger partial charge in [-0.15, -0.1) is 0 Å². The first-order valence-electron chi connectivity index (χ1n) is 9.00. The van der Waals surface area contributed by atoms with E-state index in [1.54, 1.807) is 0 Å². The maximum Gasteiger partial charge on any atom is 0.410 e. The third-order valence-electron chi connectivity index (χ3n) is 5.11. The van der Waals surface area contributed by atoms with Gasteiger partial charge in [0.1, 0.15) is 12.6 Å². The van der Waals surface area contributed by atoms with Crippen molar-refractivity contribution >= 4 is 12.1 Å². The van der Waals surface area contributed by atoms with E-state index in [0.717, 1.165) is 37.9 Å². The second kappa shape index (κ2) is 8.34. The molecule has 1 amide bonds. The number of methoxy groups -OCH3 is 1. The van der Waals surface area contributed by atoms with Gasteiger partial charge >= 0.3 is 12.1 Å². The minimum absolute atomic E-state index is 0.0250. The highest BCUT2D eigenvalue weighted by Crippen LogP contribution is 2.27. The summed E-state index contributed by atoms with van der Waals surface area (Å²) in [6.45, 7) is 2.68. The molecule has 136 valence electrons. The zero-order chi connectivity index (χ0) is 17.6. The second-order valence-electron chi connectivity index (χ2n) is 6.65. The maximum absolute atomic E-state index is 12.6. The summed E-state index contributed by atoms with van der Waals surface area (Å²) in [4.78, 5) is 28.8. The van der Waals surface area contributed by atoms with Crippen molar-refractivity contribution in [1.82, 2.24) is 9.80 Å². The molecule has 0 spiro atoms. The Hall–Kier alpha value is -2.08.